The number of hydrogen-bond acceptors (Lipinski definition) is 2. The summed E-state index contributed by atoms with van der Waals surface area (Å²) >= 11 is 0. The predicted molar refractivity (Wildman–Crippen MR) is 70.8 cm³/mol. The van der Waals surface area contributed by atoms with Crippen LogP contribution in [0.25, 0.3) is 5.57 Å². The third-order valence-corrected chi connectivity index (χ3v) is 2.98. The van der Waals surface area contributed by atoms with Crippen LogP contribution in [0.1, 0.15) is 56.9 Å². The van der Waals surface area contributed by atoms with Crippen LogP contribution in [-0.2, 0) is 0 Å². The van der Waals surface area contributed by atoms with Gasteiger partial charge in [0.25, 0.3) is 0 Å². The Labute approximate surface area is 103 Å². The topological polar surface area (TPSA) is 26.0 Å². The van der Waals surface area contributed by atoms with Gasteiger partial charge in [-0.25, -0.2) is 4.98 Å². The molecule has 2 rings (SSSR count). The summed E-state index contributed by atoms with van der Waals surface area (Å²) in [7, 11) is 0. The van der Waals surface area contributed by atoms with Crippen molar-refractivity contribution in [1.82, 2.24) is 4.98 Å². The number of nitrogens with zero attached hydrogens (tertiary/aromatic N) is 1. The van der Waals surface area contributed by atoms with Gasteiger partial charge in [-0.3, -0.25) is 0 Å². The molecule has 0 aromatic carbocycles. The molecule has 0 aliphatic heterocycles. The van der Waals surface area contributed by atoms with Crippen LogP contribution in [0.5, 0.6) is 0 Å². The number of rotatable bonds is 4. The summed E-state index contributed by atoms with van der Waals surface area (Å²) in [5.74, 6) is 3.00. The first-order chi connectivity index (χ1) is 8.08. The van der Waals surface area contributed by atoms with Gasteiger partial charge in [0.2, 0.25) is 5.89 Å². The van der Waals surface area contributed by atoms with Crippen LogP contribution in [0.3, 0.4) is 0 Å². The summed E-state index contributed by atoms with van der Waals surface area (Å²) in [5.41, 5.74) is 2.26. The molecule has 1 aliphatic carbocycles. The van der Waals surface area contributed by atoms with Crippen molar-refractivity contribution in [1.29, 1.82) is 0 Å². The maximum atomic E-state index is 5.72. The molecular formula is C15H21NO. The van der Waals surface area contributed by atoms with Crippen molar-refractivity contribution >= 4 is 5.57 Å². The Balaban J connectivity index is 2.13. The quantitative estimate of drug-likeness (QED) is 0.714. The van der Waals surface area contributed by atoms with Gasteiger partial charge in [0, 0.05) is 11.5 Å². The molecule has 0 unspecified atom stereocenters. The highest BCUT2D eigenvalue weighted by Crippen LogP contribution is 2.41. The van der Waals surface area contributed by atoms with Crippen LogP contribution in [0.15, 0.2) is 22.6 Å². The minimum atomic E-state index is 0.576. The van der Waals surface area contributed by atoms with E-state index in [1.165, 1.54) is 18.5 Å². The van der Waals surface area contributed by atoms with Crippen molar-refractivity contribution in [3.05, 3.63) is 35.6 Å². The van der Waals surface area contributed by atoms with E-state index in [1.54, 1.807) is 0 Å². The highest BCUT2D eigenvalue weighted by molar-refractivity contribution is 5.58. The first kappa shape index (κ1) is 12.2. The van der Waals surface area contributed by atoms with E-state index in [2.05, 4.69) is 37.1 Å². The number of aromatic nitrogens is 1. The molecule has 0 bridgehead atoms. The summed E-state index contributed by atoms with van der Waals surface area (Å²) in [6, 6.07) is 0. The molecule has 0 N–H and O–H groups in total. The first-order valence-electron chi connectivity index (χ1n) is 6.40. The van der Waals surface area contributed by atoms with Gasteiger partial charge in [-0.15, -0.1) is 0 Å². The Morgan fingerprint density at radius 1 is 1.41 bits per heavy atom. The number of hydrogen-bond donors (Lipinski definition) is 0. The Hall–Kier alpha value is -1.31. The Morgan fingerprint density at radius 2 is 2.12 bits per heavy atom. The fourth-order valence-electron chi connectivity index (χ4n) is 1.81. The standard InChI is InChI=1S/C15H21NO/c1-10(2)6-5-7-11(3)15-16-14(12(4)17-15)13-8-9-13/h5-7,10,13H,8-9H2,1-4H3/b6-5-,11-7+. The van der Waals surface area contributed by atoms with Crippen LogP contribution in [0.4, 0.5) is 0 Å². The summed E-state index contributed by atoms with van der Waals surface area (Å²) in [6.45, 7) is 8.40. The van der Waals surface area contributed by atoms with E-state index in [-0.39, 0.29) is 0 Å². The van der Waals surface area contributed by atoms with Gasteiger partial charge in [-0.1, -0.05) is 32.1 Å². The number of oxazole rings is 1. The van der Waals surface area contributed by atoms with Gasteiger partial charge < -0.3 is 4.42 Å². The van der Waals surface area contributed by atoms with Crippen LogP contribution in [0, 0.1) is 12.8 Å². The van der Waals surface area contributed by atoms with Gasteiger partial charge >= 0.3 is 0 Å². The van der Waals surface area contributed by atoms with Crippen molar-refractivity contribution in [2.75, 3.05) is 0 Å². The van der Waals surface area contributed by atoms with Crippen molar-refractivity contribution in [2.24, 2.45) is 5.92 Å². The fourth-order valence-corrected chi connectivity index (χ4v) is 1.81. The van der Waals surface area contributed by atoms with Gasteiger partial charge in [-0.05, 0) is 32.6 Å². The molecule has 0 saturated heterocycles. The van der Waals surface area contributed by atoms with Crippen LogP contribution in [-0.4, -0.2) is 4.98 Å². The molecular weight excluding hydrogens is 210 g/mol. The SMILES string of the molecule is C/C(=C\C=C/C(C)C)c1nc(C2CC2)c(C)o1. The molecule has 1 aromatic rings. The van der Waals surface area contributed by atoms with Crippen molar-refractivity contribution in [2.45, 2.75) is 46.5 Å². The maximum absolute atomic E-state index is 5.72. The van der Waals surface area contributed by atoms with Gasteiger partial charge in [0.1, 0.15) is 5.76 Å². The van der Waals surface area contributed by atoms with E-state index < -0.39 is 0 Å². The summed E-state index contributed by atoms with van der Waals surface area (Å²) in [5, 5.41) is 0. The van der Waals surface area contributed by atoms with Crippen molar-refractivity contribution in [3.8, 4) is 0 Å². The summed E-state index contributed by atoms with van der Waals surface area (Å²) in [6.07, 6.45) is 8.85. The van der Waals surface area contributed by atoms with Gasteiger partial charge in [-0.2, -0.15) is 0 Å². The lowest BCUT2D eigenvalue weighted by atomic mass is 10.2. The zero-order chi connectivity index (χ0) is 12.4. The van der Waals surface area contributed by atoms with Crippen molar-refractivity contribution < 1.29 is 4.42 Å². The highest BCUT2D eigenvalue weighted by atomic mass is 16.4. The molecule has 92 valence electrons. The largest absolute Gasteiger partial charge is 0.441 e. The number of allylic oxidation sites excluding steroid dienone is 4. The van der Waals surface area contributed by atoms with Crippen LogP contribution in [0.2, 0.25) is 0 Å². The smallest absolute Gasteiger partial charge is 0.222 e. The van der Waals surface area contributed by atoms with E-state index in [4.69, 9.17) is 4.42 Å². The molecule has 1 fully saturated rings. The second-order valence-corrected chi connectivity index (χ2v) is 5.21. The summed E-state index contributed by atoms with van der Waals surface area (Å²) < 4.78 is 5.72. The molecule has 1 aromatic heterocycles. The van der Waals surface area contributed by atoms with E-state index in [0.717, 1.165) is 17.2 Å². The maximum Gasteiger partial charge on any atom is 0.222 e. The monoisotopic (exact) mass is 231 g/mol. The van der Waals surface area contributed by atoms with Crippen LogP contribution < -0.4 is 0 Å². The number of aryl methyl sites for hydroxylation is 1. The molecule has 0 atom stereocenters. The molecule has 0 radical (unpaired) electrons. The Morgan fingerprint density at radius 3 is 2.71 bits per heavy atom. The highest BCUT2D eigenvalue weighted by Gasteiger charge is 2.29. The average Bonchev–Trinajstić information content (AvgIpc) is 3.01. The first-order valence-corrected chi connectivity index (χ1v) is 6.40. The Bertz CT molecular complexity index is 447. The van der Waals surface area contributed by atoms with E-state index >= 15 is 0 Å². The molecule has 0 amide bonds. The van der Waals surface area contributed by atoms with Crippen LogP contribution >= 0.6 is 0 Å². The molecule has 1 aliphatic rings. The molecule has 17 heavy (non-hydrogen) atoms. The van der Waals surface area contributed by atoms with Gasteiger partial charge in [0.05, 0.1) is 5.69 Å². The molecule has 0 spiro atoms. The fraction of sp³-hybridized carbons (Fsp3) is 0.533. The van der Waals surface area contributed by atoms with E-state index in [1.807, 2.05) is 13.8 Å². The zero-order valence-electron chi connectivity index (χ0n) is 11.2. The third-order valence-electron chi connectivity index (χ3n) is 2.98. The minimum absolute atomic E-state index is 0.576. The minimum Gasteiger partial charge on any atom is -0.441 e. The second kappa shape index (κ2) is 4.91. The lowest BCUT2D eigenvalue weighted by Gasteiger charge is -1.93. The molecule has 2 nitrogen and oxygen atoms in total. The van der Waals surface area contributed by atoms with E-state index in [9.17, 15) is 0 Å². The normalized spacial score (nSPS) is 17.4. The average molecular weight is 231 g/mol. The second-order valence-electron chi connectivity index (χ2n) is 5.21. The van der Waals surface area contributed by atoms with Gasteiger partial charge in [0.15, 0.2) is 0 Å². The zero-order valence-corrected chi connectivity index (χ0v) is 11.2. The lowest BCUT2D eigenvalue weighted by Crippen LogP contribution is -1.83. The van der Waals surface area contributed by atoms with E-state index in [0.29, 0.717) is 11.8 Å². The third kappa shape index (κ3) is 3.09. The molecule has 1 saturated carbocycles. The Kier molecular flexibility index (Phi) is 3.51. The lowest BCUT2D eigenvalue weighted by molar-refractivity contribution is 0.510. The summed E-state index contributed by atoms with van der Waals surface area (Å²) in [4.78, 5) is 4.60. The molecule has 2 heteroatoms. The predicted octanol–water partition coefficient (Wildman–Crippen LogP) is 4.48. The van der Waals surface area contributed by atoms with Crippen molar-refractivity contribution in [3.63, 3.8) is 0 Å². The molecule has 1 heterocycles.